The summed E-state index contributed by atoms with van der Waals surface area (Å²) in [6, 6.07) is 0.656. The number of halogens is 6. The zero-order valence-electron chi connectivity index (χ0n) is 10.5. The fourth-order valence-electron chi connectivity index (χ4n) is 2.01. The smallest absolute Gasteiger partial charge is 0.338 e. The first-order valence-electron chi connectivity index (χ1n) is 5.83. The van der Waals surface area contributed by atoms with E-state index in [-0.39, 0.29) is 17.4 Å². The Hall–Kier alpha value is -2.52. The van der Waals surface area contributed by atoms with Crippen LogP contribution in [0.5, 0.6) is 0 Å². The van der Waals surface area contributed by atoms with E-state index in [0.717, 1.165) is 0 Å². The van der Waals surface area contributed by atoms with Crippen LogP contribution in [-0.4, -0.2) is 20.2 Å². The van der Waals surface area contributed by atoms with Crippen LogP contribution in [0.25, 0.3) is 22.4 Å². The van der Waals surface area contributed by atoms with E-state index in [1.54, 1.807) is 0 Å². The second-order valence-electron chi connectivity index (χ2n) is 4.49. The van der Waals surface area contributed by atoms with Crippen LogP contribution in [0.4, 0.5) is 26.3 Å². The van der Waals surface area contributed by atoms with Gasteiger partial charge in [-0.05, 0) is 12.1 Å². The Morgan fingerprint density at radius 2 is 1.68 bits per heavy atom. The second kappa shape index (κ2) is 4.49. The van der Waals surface area contributed by atoms with Gasteiger partial charge in [-0.15, -0.1) is 0 Å². The molecule has 1 aromatic carbocycles. The number of alkyl halides is 6. The topological polar surface area (TPSA) is 57.4 Å². The molecule has 0 atom stereocenters. The molecule has 0 aliphatic heterocycles. The molecular formula is C12H6F6N4. The fraction of sp³-hybridized carbons (Fsp3) is 0.167. The maximum absolute atomic E-state index is 13.0. The molecule has 2 heterocycles. The molecule has 0 bridgehead atoms. The van der Waals surface area contributed by atoms with Gasteiger partial charge in [0.1, 0.15) is 11.3 Å². The van der Waals surface area contributed by atoms with Crippen LogP contribution in [0.1, 0.15) is 11.1 Å². The van der Waals surface area contributed by atoms with E-state index in [9.17, 15) is 26.3 Å². The molecule has 3 aromatic rings. The van der Waals surface area contributed by atoms with Crippen LogP contribution in [0.15, 0.2) is 24.5 Å². The molecular weight excluding hydrogens is 314 g/mol. The molecule has 3 rings (SSSR count). The molecule has 0 saturated heterocycles. The minimum absolute atomic E-state index is 0.00595. The second-order valence-corrected chi connectivity index (χ2v) is 4.49. The van der Waals surface area contributed by atoms with Gasteiger partial charge in [0.25, 0.3) is 0 Å². The van der Waals surface area contributed by atoms with E-state index in [0.29, 0.717) is 11.6 Å². The van der Waals surface area contributed by atoms with Crippen molar-refractivity contribution < 1.29 is 26.3 Å². The van der Waals surface area contributed by atoms with E-state index < -0.39 is 29.0 Å². The van der Waals surface area contributed by atoms with Crippen molar-refractivity contribution in [2.24, 2.45) is 0 Å². The van der Waals surface area contributed by atoms with Gasteiger partial charge in [0.05, 0.1) is 28.4 Å². The van der Waals surface area contributed by atoms with Crippen molar-refractivity contribution in [1.82, 2.24) is 20.2 Å². The van der Waals surface area contributed by atoms with Crippen molar-refractivity contribution in [1.29, 1.82) is 0 Å². The molecule has 0 unspecified atom stereocenters. The third kappa shape index (κ3) is 2.40. The van der Waals surface area contributed by atoms with Crippen LogP contribution in [0, 0.1) is 0 Å². The summed E-state index contributed by atoms with van der Waals surface area (Å²) < 4.78 is 77.2. The van der Waals surface area contributed by atoms with Crippen molar-refractivity contribution in [2.45, 2.75) is 12.4 Å². The molecule has 0 aliphatic rings. The first kappa shape index (κ1) is 14.4. The Labute approximate surface area is 118 Å². The predicted octanol–water partition coefficient (Wildman–Crippen LogP) is 3.99. The normalized spacial score (nSPS) is 13.0. The number of aromatic amines is 2. The standard InChI is InChI=1S/C12H6F6N4/c13-11(14,15)6-1-7(12(16,17)18)9-8(2-6)21-10(22-9)5-3-19-20-4-5/h1-4H,(H,19,20)(H,21,22). The van der Waals surface area contributed by atoms with E-state index in [1.165, 1.54) is 12.4 Å². The summed E-state index contributed by atoms with van der Waals surface area (Å²) in [5.41, 5.74) is -3.43. The number of benzene rings is 1. The molecule has 0 radical (unpaired) electrons. The third-order valence-electron chi connectivity index (χ3n) is 2.99. The Morgan fingerprint density at radius 3 is 2.23 bits per heavy atom. The summed E-state index contributed by atoms with van der Waals surface area (Å²) in [6.07, 6.45) is -7.21. The first-order chi connectivity index (χ1) is 10.2. The molecule has 2 N–H and O–H groups in total. The minimum Gasteiger partial charge on any atom is -0.338 e. The maximum atomic E-state index is 13.0. The van der Waals surface area contributed by atoms with Gasteiger partial charge in [0.15, 0.2) is 0 Å². The summed E-state index contributed by atoms with van der Waals surface area (Å²) in [5.74, 6) is -0.00595. The number of nitrogens with zero attached hydrogens (tertiary/aromatic N) is 2. The maximum Gasteiger partial charge on any atom is 0.418 e. The number of imidazole rings is 1. The lowest BCUT2D eigenvalue weighted by molar-refractivity contribution is -0.142. The molecule has 116 valence electrons. The number of aromatic nitrogens is 4. The van der Waals surface area contributed by atoms with Crippen LogP contribution in [0.3, 0.4) is 0 Å². The number of H-pyrrole nitrogens is 2. The molecule has 22 heavy (non-hydrogen) atoms. The number of hydrogen-bond donors (Lipinski definition) is 2. The van der Waals surface area contributed by atoms with E-state index in [2.05, 4.69) is 20.2 Å². The zero-order chi connectivity index (χ0) is 16.1. The van der Waals surface area contributed by atoms with Crippen LogP contribution < -0.4 is 0 Å². The highest BCUT2D eigenvalue weighted by molar-refractivity contribution is 5.83. The Morgan fingerprint density at radius 1 is 0.955 bits per heavy atom. The summed E-state index contributed by atoms with van der Waals surface area (Å²) in [6.45, 7) is 0. The summed E-state index contributed by atoms with van der Waals surface area (Å²) in [4.78, 5) is 6.19. The highest BCUT2D eigenvalue weighted by atomic mass is 19.4. The Kier molecular flexibility index (Phi) is 2.94. The average molecular weight is 320 g/mol. The molecule has 10 heteroatoms. The number of hydrogen-bond acceptors (Lipinski definition) is 2. The van der Waals surface area contributed by atoms with Crippen molar-refractivity contribution in [2.75, 3.05) is 0 Å². The molecule has 0 saturated carbocycles. The molecule has 0 fully saturated rings. The van der Waals surface area contributed by atoms with Crippen LogP contribution in [0.2, 0.25) is 0 Å². The van der Waals surface area contributed by atoms with E-state index >= 15 is 0 Å². The average Bonchev–Trinajstić information content (AvgIpc) is 3.03. The summed E-state index contributed by atoms with van der Waals surface area (Å²) in [7, 11) is 0. The SMILES string of the molecule is FC(F)(F)c1cc(C(F)(F)F)c2nc(-c3cn[nH]c3)[nH]c2c1. The van der Waals surface area contributed by atoms with Gasteiger partial charge in [-0.1, -0.05) is 0 Å². The van der Waals surface area contributed by atoms with Crippen molar-refractivity contribution in [3.05, 3.63) is 35.7 Å². The van der Waals surface area contributed by atoms with E-state index in [4.69, 9.17) is 0 Å². The lowest BCUT2D eigenvalue weighted by Gasteiger charge is -2.11. The largest absolute Gasteiger partial charge is 0.418 e. The van der Waals surface area contributed by atoms with Gasteiger partial charge in [-0.25, -0.2) is 4.98 Å². The van der Waals surface area contributed by atoms with E-state index in [1.807, 2.05) is 0 Å². The fourth-order valence-corrected chi connectivity index (χ4v) is 2.01. The van der Waals surface area contributed by atoms with Gasteiger partial charge in [0, 0.05) is 6.20 Å². The zero-order valence-corrected chi connectivity index (χ0v) is 10.5. The predicted molar refractivity (Wildman–Crippen MR) is 63.7 cm³/mol. The molecule has 0 aliphatic carbocycles. The number of fused-ring (bicyclic) bond motifs is 1. The Bertz CT molecular complexity index is 813. The monoisotopic (exact) mass is 320 g/mol. The number of nitrogens with one attached hydrogen (secondary N) is 2. The molecule has 4 nitrogen and oxygen atoms in total. The lowest BCUT2D eigenvalue weighted by Crippen LogP contribution is -2.11. The van der Waals surface area contributed by atoms with Crippen molar-refractivity contribution >= 4 is 11.0 Å². The molecule has 2 aromatic heterocycles. The third-order valence-corrected chi connectivity index (χ3v) is 2.99. The van der Waals surface area contributed by atoms with Gasteiger partial charge >= 0.3 is 12.4 Å². The Balaban J connectivity index is 2.29. The lowest BCUT2D eigenvalue weighted by atomic mass is 10.1. The molecule has 0 spiro atoms. The first-order valence-corrected chi connectivity index (χ1v) is 5.83. The highest BCUT2D eigenvalue weighted by Gasteiger charge is 2.39. The summed E-state index contributed by atoms with van der Waals surface area (Å²) in [5, 5.41) is 6.05. The van der Waals surface area contributed by atoms with Crippen LogP contribution >= 0.6 is 0 Å². The summed E-state index contributed by atoms with van der Waals surface area (Å²) >= 11 is 0. The van der Waals surface area contributed by atoms with Gasteiger partial charge in [-0.2, -0.15) is 31.4 Å². The van der Waals surface area contributed by atoms with Crippen molar-refractivity contribution in [3.63, 3.8) is 0 Å². The number of rotatable bonds is 1. The van der Waals surface area contributed by atoms with Gasteiger partial charge < -0.3 is 4.98 Å². The van der Waals surface area contributed by atoms with Crippen LogP contribution in [-0.2, 0) is 12.4 Å². The molecule has 0 amide bonds. The van der Waals surface area contributed by atoms with Crippen molar-refractivity contribution in [3.8, 4) is 11.4 Å². The highest BCUT2D eigenvalue weighted by Crippen LogP contribution is 2.39. The van der Waals surface area contributed by atoms with Gasteiger partial charge in [-0.3, -0.25) is 5.10 Å². The quantitative estimate of drug-likeness (QED) is 0.666. The minimum atomic E-state index is -4.96. The van der Waals surface area contributed by atoms with Gasteiger partial charge in [0.2, 0.25) is 0 Å².